The lowest BCUT2D eigenvalue weighted by atomic mass is 10.1. The summed E-state index contributed by atoms with van der Waals surface area (Å²) >= 11 is 0. The third-order valence-corrected chi connectivity index (χ3v) is 5.37. The summed E-state index contributed by atoms with van der Waals surface area (Å²) < 4.78 is 7.28. The summed E-state index contributed by atoms with van der Waals surface area (Å²) in [6.45, 7) is 1.87. The van der Waals surface area contributed by atoms with Crippen LogP contribution in [0.15, 0.2) is 43.0 Å². The van der Waals surface area contributed by atoms with Gasteiger partial charge in [-0.3, -0.25) is 9.48 Å². The number of ether oxygens (including phenoxy) is 1. The SMILES string of the molecule is COc1c(-c2ncn(C)n2)ccnc1Nc1cc(Nc2ccc(C)nn2)ncc1C(=O)C1CC1. The van der Waals surface area contributed by atoms with Gasteiger partial charge in [0.1, 0.15) is 12.1 Å². The first-order valence-electron chi connectivity index (χ1n) is 10.8. The normalized spacial score (nSPS) is 12.9. The molecule has 0 aromatic carbocycles. The zero-order valence-electron chi connectivity index (χ0n) is 19.0. The number of ketones is 1. The Balaban J connectivity index is 1.52. The van der Waals surface area contributed by atoms with Crippen molar-refractivity contribution in [3.8, 4) is 17.1 Å². The number of methoxy groups -OCH3 is 1. The molecule has 2 N–H and O–H groups in total. The van der Waals surface area contributed by atoms with Gasteiger partial charge in [0.05, 0.1) is 29.6 Å². The van der Waals surface area contributed by atoms with E-state index in [2.05, 4.69) is 40.9 Å². The number of aryl methyl sites for hydroxylation is 2. The number of hydrogen-bond acceptors (Lipinski definition) is 10. The molecular weight excluding hydrogens is 434 g/mol. The molecule has 1 fully saturated rings. The van der Waals surface area contributed by atoms with Gasteiger partial charge in [-0.1, -0.05) is 0 Å². The number of carbonyl (C=O) groups is 1. The molecule has 0 bridgehead atoms. The van der Waals surface area contributed by atoms with Crippen molar-refractivity contribution in [2.75, 3.05) is 17.7 Å². The summed E-state index contributed by atoms with van der Waals surface area (Å²) in [7, 11) is 3.35. The van der Waals surface area contributed by atoms with Gasteiger partial charge in [0, 0.05) is 31.4 Å². The number of aromatic nitrogens is 7. The van der Waals surface area contributed by atoms with Crippen molar-refractivity contribution in [2.45, 2.75) is 19.8 Å². The van der Waals surface area contributed by atoms with Gasteiger partial charge in [-0.2, -0.15) is 10.2 Å². The minimum atomic E-state index is 0.0306. The van der Waals surface area contributed by atoms with Crippen molar-refractivity contribution in [1.82, 2.24) is 34.9 Å². The van der Waals surface area contributed by atoms with Crippen LogP contribution in [0.5, 0.6) is 5.75 Å². The van der Waals surface area contributed by atoms with Crippen LogP contribution >= 0.6 is 0 Å². The van der Waals surface area contributed by atoms with Crippen LogP contribution in [0.25, 0.3) is 11.4 Å². The predicted octanol–water partition coefficient (Wildman–Crippen LogP) is 3.46. The Bertz CT molecular complexity index is 1350. The average molecular weight is 457 g/mol. The maximum absolute atomic E-state index is 13.0. The van der Waals surface area contributed by atoms with E-state index in [1.54, 1.807) is 49.7 Å². The second-order valence-electron chi connectivity index (χ2n) is 8.05. The van der Waals surface area contributed by atoms with E-state index >= 15 is 0 Å². The van der Waals surface area contributed by atoms with Gasteiger partial charge < -0.3 is 15.4 Å². The van der Waals surface area contributed by atoms with Crippen molar-refractivity contribution >= 4 is 28.9 Å². The third kappa shape index (κ3) is 4.40. The van der Waals surface area contributed by atoms with Crippen LogP contribution in [-0.2, 0) is 7.05 Å². The molecule has 4 aromatic heterocycles. The molecule has 0 aliphatic heterocycles. The topological polar surface area (TPSA) is 133 Å². The van der Waals surface area contributed by atoms with Crippen LogP contribution in [0.4, 0.5) is 23.1 Å². The highest BCUT2D eigenvalue weighted by atomic mass is 16.5. The molecular formula is C23H23N9O2. The first kappa shape index (κ1) is 21.4. The van der Waals surface area contributed by atoms with E-state index in [1.807, 2.05) is 19.1 Å². The molecule has 34 heavy (non-hydrogen) atoms. The average Bonchev–Trinajstić information content (AvgIpc) is 3.60. The maximum atomic E-state index is 13.0. The highest BCUT2D eigenvalue weighted by molar-refractivity contribution is 6.04. The van der Waals surface area contributed by atoms with Gasteiger partial charge in [-0.15, -0.1) is 5.10 Å². The number of hydrogen-bond donors (Lipinski definition) is 2. The van der Waals surface area contributed by atoms with Gasteiger partial charge in [-0.25, -0.2) is 15.0 Å². The standard InChI is InChI=1S/C23H23N9O2/c1-13-4-7-18(30-29-13)28-19-10-17(16(11-25-19)20(33)14-5-6-14)27-23-21(34-3)15(8-9-24-23)22-26-12-32(2)31-22/h4,7-12,14H,5-6H2,1-3H3,(H2,24,25,27,28,30). The molecule has 11 nitrogen and oxygen atoms in total. The molecule has 1 saturated carbocycles. The molecule has 4 heterocycles. The maximum Gasteiger partial charge on any atom is 0.185 e. The van der Waals surface area contributed by atoms with Crippen LogP contribution in [0.3, 0.4) is 0 Å². The summed E-state index contributed by atoms with van der Waals surface area (Å²) in [6, 6.07) is 7.20. The molecule has 5 rings (SSSR count). The van der Waals surface area contributed by atoms with E-state index in [0.29, 0.717) is 45.8 Å². The summed E-state index contributed by atoms with van der Waals surface area (Å²) in [5, 5.41) is 18.9. The van der Waals surface area contributed by atoms with Gasteiger partial charge >= 0.3 is 0 Å². The van der Waals surface area contributed by atoms with E-state index in [4.69, 9.17) is 4.74 Å². The largest absolute Gasteiger partial charge is 0.492 e. The van der Waals surface area contributed by atoms with Crippen LogP contribution in [0.2, 0.25) is 0 Å². The van der Waals surface area contributed by atoms with E-state index in [1.165, 1.54) is 0 Å². The third-order valence-electron chi connectivity index (χ3n) is 5.37. The number of nitrogens with one attached hydrogen (secondary N) is 2. The molecule has 0 atom stereocenters. The van der Waals surface area contributed by atoms with Crippen molar-refractivity contribution < 1.29 is 9.53 Å². The Labute approximate surface area is 195 Å². The molecule has 0 saturated heterocycles. The number of carbonyl (C=O) groups excluding carboxylic acids is 1. The zero-order chi connectivity index (χ0) is 23.7. The summed E-state index contributed by atoms with van der Waals surface area (Å²) in [5.74, 6) is 2.55. The van der Waals surface area contributed by atoms with Gasteiger partial charge in [0.15, 0.2) is 29.0 Å². The smallest absolute Gasteiger partial charge is 0.185 e. The van der Waals surface area contributed by atoms with Crippen molar-refractivity contribution in [3.63, 3.8) is 0 Å². The lowest BCUT2D eigenvalue weighted by Gasteiger charge is -2.16. The molecule has 1 aliphatic carbocycles. The molecule has 4 aromatic rings. The lowest BCUT2D eigenvalue weighted by molar-refractivity contribution is 0.0968. The molecule has 1 aliphatic rings. The molecule has 11 heteroatoms. The first-order valence-corrected chi connectivity index (χ1v) is 10.8. The van der Waals surface area contributed by atoms with Gasteiger partial charge in [0.2, 0.25) is 0 Å². The van der Waals surface area contributed by atoms with Gasteiger partial charge in [-0.05, 0) is 38.0 Å². The Morgan fingerprint density at radius 2 is 1.94 bits per heavy atom. The minimum absolute atomic E-state index is 0.0306. The quantitative estimate of drug-likeness (QED) is 0.379. The number of Topliss-reactive ketones (excluding diaryl/α,β-unsaturated/α-hetero) is 1. The van der Waals surface area contributed by atoms with Crippen LogP contribution < -0.4 is 15.4 Å². The van der Waals surface area contributed by atoms with Crippen molar-refractivity contribution in [3.05, 3.63) is 54.2 Å². The van der Waals surface area contributed by atoms with Crippen LogP contribution in [0, 0.1) is 12.8 Å². The van der Waals surface area contributed by atoms with Crippen molar-refractivity contribution in [2.24, 2.45) is 13.0 Å². The Kier molecular flexibility index (Phi) is 5.58. The Hall–Kier alpha value is -4.41. The molecule has 0 amide bonds. The number of rotatable bonds is 8. The number of anilines is 4. The zero-order valence-corrected chi connectivity index (χ0v) is 19.0. The molecule has 0 unspecified atom stereocenters. The summed E-state index contributed by atoms with van der Waals surface area (Å²) in [4.78, 5) is 26.2. The van der Waals surface area contributed by atoms with E-state index in [9.17, 15) is 4.79 Å². The molecule has 0 spiro atoms. The second kappa shape index (κ2) is 8.85. The summed E-state index contributed by atoms with van der Waals surface area (Å²) in [5.41, 5.74) is 2.55. The van der Waals surface area contributed by atoms with Gasteiger partial charge in [0.25, 0.3) is 0 Å². The predicted molar refractivity (Wildman–Crippen MR) is 125 cm³/mol. The number of pyridine rings is 2. The number of nitrogens with zero attached hydrogens (tertiary/aromatic N) is 7. The van der Waals surface area contributed by atoms with Crippen molar-refractivity contribution in [1.29, 1.82) is 0 Å². The van der Waals surface area contributed by atoms with E-state index < -0.39 is 0 Å². The van der Waals surface area contributed by atoms with E-state index in [0.717, 1.165) is 18.5 Å². The fraction of sp³-hybridized carbons (Fsp3) is 0.261. The van der Waals surface area contributed by atoms with Crippen LogP contribution in [0.1, 0.15) is 28.9 Å². The fourth-order valence-corrected chi connectivity index (χ4v) is 3.50. The fourth-order valence-electron chi connectivity index (χ4n) is 3.50. The lowest BCUT2D eigenvalue weighted by Crippen LogP contribution is -2.09. The monoisotopic (exact) mass is 457 g/mol. The highest BCUT2D eigenvalue weighted by Gasteiger charge is 2.32. The van der Waals surface area contributed by atoms with Crippen LogP contribution in [-0.4, -0.2) is 47.8 Å². The molecule has 172 valence electrons. The second-order valence-corrected chi connectivity index (χ2v) is 8.05. The Morgan fingerprint density at radius 1 is 1.09 bits per heavy atom. The first-order chi connectivity index (χ1) is 16.5. The highest BCUT2D eigenvalue weighted by Crippen LogP contribution is 2.38. The Morgan fingerprint density at radius 3 is 2.62 bits per heavy atom. The van der Waals surface area contributed by atoms with E-state index in [-0.39, 0.29) is 11.7 Å². The minimum Gasteiger partial charge on any atom is -0.492 e. The summed E-state index contributed by atoms with van der Waals surface area (Å²) in [6.07, 6.45) is 6.60. The molecule has 0 radical (unpaired) electrons.